The molecular formula is C21H37N3O3. The van der Waals surface area contributed by atoms with E-state index in [1.165, 1.54) is 0 Å². The SMILES string of the molecule is CCNC(=NCC(C)(O)c1ccc(C)o1)NCC1CCCOC1C(C)(C)C. The Morgan fingerprint density at radius 3 is 2.59 bits per heavy atom. The minimum atomic E-state index is -1.14. The van der Waals surface area contributed by atoms with Crippen LogP contribution in [-0.4, -0.2) is 43.4 Å². The Morgan fingerprint density at radius 1 is 1.26 bits per heavy atom. The van der Waals surface area contributed by atoms with Crippen LogP contribution in [0.2, 0.25) is 0 Å². The normalized spacial score (nSPS) is 23.7. The van der Waals surface area contributed by atoms with E-state index >= 15 is 0 Å². The molecule has 1 aromatic rings. The molecule has 6 nitrogen and oxygen atoms in total. The van der Waals surface area contributed by atoms with Crippen molar-refractivity contribution in [2.24, 2.45) is 16.3 Å². The standard InChI is InChI=1S/C21H37N3O3/c1-7-22-19(24-14-21(6,25)17-11-10-15(2)27-17)23-13-16-9-8-12-26-18(16)20(3,4)5/h10-11,16,18,25H,7-9,12-14H2,1-6H3,(H2,22,23,24). The lowest BCUT2D eigenvalue weighted by Crippen LogP contribution is -2.47. The van der Waals surface area contributed by atoms with E-state index in [2.05, 4.69) is 36.4 Å². The highest BCUT2D eigenvalue weighted by Gasteiger charge is 2.35. The molecule has 1 saturated heterocycles. The molecule has 2 heterocycles. The van der Waals surface area contributed by atoms with Crippen molar-refractivity contribution >= 4 is 5.96 Å². The minimum absolute atomic E-state index is 0.114. The van der Waals surface area contributed by atoms with Crippen molar-refractivity contribution in [2.45, 2.75) is 66.1 Å². The van der Waals surface area contributed by atoms with Crippen LogP contribution in [0, 0.1) is 18.3 Å². The molecule has 0 aromatic carbocycles. The molecule has 0 bridgehead atoms. The van der Waals surface area contributed by atoms with Gasteiger partial charge in [0.15, 0.2) is 5.96 Å². The van der Waals surface area contributed by atoms with E-state index in [4.69, 9.17) is 9.15 Å². The number of hydrogen-bond acceptors (Lipinski definition) is 4. The fourth-order valence-corrected chi connectivity index (χ4v) is 3.61. The number of rotatable bonds is 6. The lowest BCUT2D eigenvalue weighted by molar-refractivity contribution is -0.0835. The molecule has 1 aliphatic heterocycles. The zero-order valence-electron chi connectivity index (χ0n) is 17.8. The lowest BCUT2D eigenvalue weighted by Gasteiger charge is -2.40. The molecule has 1 aromatic heterocycles. The van der Waals surface area contributed by atoms with Gasteiger partial charge in [-0.1, -0.05) is 20.8 Å². The van der Waals surface area contributed by atoms with E-state index in [1.807, 2.05) is 19.9 Å². The van der Waals surface area contributed by atoms with Crippen molar-refractivity contribution in [2.75, 3.05) is 26.2 Å². The predicted octanol–water partition coefficient (Wildman–Crippen LogP) is 3.19. The molecule has 6 heteroatoms. The van der Waals surface area contributed by atoms with Gasteiger partial charge in [0.2, 0.25) is 0 Å². The minimum Gasteiger partial charge on any atom is -0.463 e. The summed E-state index contributed by atoms with van der Waals surface area (Å²) in [5.74, 6) is 2.47. The number of furan rings is 1. The van der Waals surface area contributed by atoms with Crippen LogP contribution in [0.4, 0.5) is 0 Å². The van der Waals surface area contributed by atoms with Crippen molar-refractivity contribution in [1.82, 2.24) is 10.6 Å². The van der Waals surface area contributed by atoms with E-state index in [0.717, 1.165) is 38.3 Å². The second-order valence-corrected chi connectivity index (χ2v) is 8.82. The summed E-state index contributed by atoms with van der Waals surface area (Å²) < 4.78 is 11.6. The Balaban J connectivity index is 2.00. The highest BCUT2D eigenvalue weighted by atomic mass is 16.5. The van der Waals surface area contributed by atoms with Gasteiger partial charge in [-0.15, -0.1) is 0 Å². The van der Waals surface area contributed by atoms with Gasteiger partial charge in [0.1, 0.15) is 17.1 Å². The topological polar surface area (TPSA) is 79.0 Å². The maximum Gasteiger partial charge on any atom is 0.191 e. The largest absolute Gasteiger partial charge is 0.463 e. The van der Waals surface area contributed by atoms with E-state index in [0.29, 0.717) is 17.6 Å². The number of hydrogen-bond donors (Lipinski definition) is 3. The molecule has 3 N–H and O–H groups in total. The smallest absolute Gasteiger partial charge is 0.191 e. The van der Waals surface area contributed by atoms with E-state index < -0.39 is 5.60 Å². The number of nitrogens with zero attached hydrogens (tertiary/aromatic N) is 1. The fraction of sp³-hybridized carbons (Fsp3) is 0.762. The van der Waals surface area contributed by atoms with Crippen molar-refractivity contribution in [3.05, 3.63) is 23.7 Å². The maximum absolute atomic E-state index is 10.7. The lowest BCUT2D eigenvalue weighted by atomic mass is 9.78. The molecule has 27 heavy (non-hydrogen) atoms. The molecule has 3 unspecified atom stereocenters. The van der Waals surface area contributed by atoms with Crippen LogP contribution in [-0.2, 0) is 10.3 Å². The fourth-order valence-electron chi connectivity index (χ4n) is 3.61. The Bertz CT molecular complexity index is 616. The average molecular weight is 380 g/mol. The quantitative estimate of drug-likeness (QED) is 0.523. The molecule has 1 fully saturated rings. The highest BCUT2D eigenvalue weighted by molar-refractivity contribution is 5.79. The molecule has 154 valence electrons. The van der Waals surface area contributed by atoms with Gasteiger partial charge in [-0.2, -0.15) is 0 Å². The van der Waals surface area contributed by atoms with Crippen LogP contribution < -0.4 is 10.6 Å². The van der Waals surface area contributed by atoms with Gasteiger partial charge in [-0.05, 0) is 51.2 Å². The molecule has 3 atom stereocenters. The number of ether oxygens (including phenoxy) is 1. The van der Waals surface area contributed by atoms with Crippen LogP contribution in [0.15, 0.2) is 21.5 Å². The summed E-state index contributed by atoms with van der Waals surface area (Å²) in [5.41, 5.74) is -1.03. The van der Waals surface area contributed by atoms with Gasteiger partial charge >= 0.3 is 0 Å². The van der Waals surface area contributed by atoms with Crippen molar-refractivity contribution in [3.8, 4) is 0 Å². The molecular weight excluding hydrogens is 342 g/mol. The van der Waals surface area contributed by atoms with E-state index in [-0.39, 0.29) is 18.1 Å². The van der Waals surface area contributed by atoms with Crippen LogP contribution in [0.3, 0.4) is 0 Å². The van der Waals surface area contributed by atoms with Crippen molar-refractivity contribution < 1.29 is 14.3 Å². The number of guanidine groups is 1. The Labute approximate surface area is 163 Å². The number of aryl methyl sites for hydroxylation is 1. The predicted molar refractivity (Wildman–Crippen MR) is 109 cm³/mol. The van der Waals surface area contributed by atoms with Gasteiger partial charge in [-0.25, -0.2) is 4.99 Å². The summed E-state index contributed by atoms with van der Waals surface area (Å²) in [6, 6.07) is 3.66. The Morgan fingerprint density at radius 2 is 2.00 bits per heavy atom. The number of aliphatic hydroxyl groups is 1. The molecule has 2 rings (SSSR count). The Kier molecular flexibility index (Phi) is 7.34. The van der Waals surface area contributed by atoms with Crippen LogP contribution >= 0.6 is 0 Å². The first kappa shape index (κ1) is 21.8. The molecule has 0 amide bonds. The summed E-state index contributed by atoms with van der Waals surface area (Å²) in [5, 5.41) is 17.4. The van der Waals surface area contributed by atoms with E-state index in [1.54, 1.807) is 13.0 Å². The first-order valence-electron chi connectivity index (χ1n) is 10.1. The van der Waals surface area contributed by atoms with Crippen LogP contribution in [0.25, 0.3) is 0 Å². The third-order valence-corrected chi connectivity index (χ3v) is 4.99. The zero-order valence-corrected chi connectivity index (χ0v) is 17.8. The molecule has 0 spiro atoms. The maximum atomic E-state index is 10.7. The second-order valence-electron chi connectivity index (χ2n) is 8.82. The summed E-state index contributed by atoms with van der Waals surface area (Å²) in [7, 11) is 0. The summed E-state index contributed by atoms with van der Waals surface area (Å²) in [4.78, 5) is 4.59. The van der Waals surface area contributed by atoms with Crippen molar-refractivity contribution in [1.29, 1.82) is 0 Å². The van der Waals surface area contributed by atoms with E-state index in [9.17, 15) is 5.11 Å². The van der Waals surface area contributed by atoms with Crippen LogP contribution in [0.1, 0.15) is 59.0 Å². The molecule has 0 saturated carbocycles. The third-order valence-electron chi connectivity index (χ3n) is 4.99. The molecule has 0 aliphatic carbocycles. The highest BCUT2D eigenvalue weighted by Crippen LogP contribution is 2.33. The van der Waals surface area contributed by atoms with Gasteiger partial charge in [0.05, 0.1) is 12.6 Å². The monoisotopic (exact) mass is 379 g/mol. The Hall–Kier alpha value is -1.53. The zero-order chi connectivity index (χ0) is 20.1. The van der Waals surface area contributed by atoms with Gasteiger partial charge in [0, 0.05) is 25.6 Å². The van der Waals surface area contributed by atoms with Gasteiger partial charge in [0.25, 0.3) is 0 Å². The average Bonchev–Trinajstić information content (AvgIpc) is 3.04. The van der Waals surface area contributed by atoms with Crippen LogP contribution in [0.5, 0.6) is 0 Å². The summed E-state index contributed by atoms with van der Waals surface area (Å²) in [6.07, 6.45) is 2.48. The number of nitrogens with one attached hydrogen (secondary N) is 2. The first-order chi connectivity index (χ1) is 12.6. The first-order valence-corrected chi connectivity index (χ1v) is 10.1. The van der Waals surface area contributed by atoms with Crippen molar-refractivity contribution in [3.63, 3.8) is 0 Å². The second kappa shape index (κ2) is 9.11. The van der Waals surface area contributed by atoms with Gasteiger partial charge in [-0.3, -0.25) is 0 Å². The number of aliphatic imine (C=N–C) groups is 1. The van der Waals surface area contributed by atoms with Gasteiger partial charge < -0.3 is 24.9 Å². The molecule has 1 aliphatic rings. The summed E-state index contributed by atoms with van der Waals surface area (Å²) in [6.45, 7) is 15.0. The third kappa shape index (κ3) is 6.25. The summed E-state index contributed by atoms with van der Waals surface area (Å²) >= 11 is 0. The molecule has 0 radical (unpaired) electrons.